The number of hydrogen-bond donors (Lipinski definition) is 0. The van der Waals surface area contributed by atoms with Crippen LogP contribution in [0.2, 0.25) is 0 Å². The van der Waals surface area contributed by atoms with Crippen LogP contribution in [0.5, 0.6) is 0 Å². The number of ether oxygens (including phenoxy) is 1. The Morgan fingerprint density at radius 1 is 0.789 bits per heavy atom. The second-order valence-corrected chi connectivity index (χ2v) is 8.63. The quantitative estimate of drug-likeness (QED) is 0.645. The minimum atomic E-state index is -0.115. The molecule has 2 heterocycles. The van der Waals surface area contributed by atoms with Crippen molar-refractivity contribution in [2.45, 2.75) is 91.3 Å². The summed E-state index contributed by atoms with van der Waals surface area (Å²) in [5, 5.41) is 0. The first-order chi connectivity index (χ1) is 8.52. The molecule has 2 fully saturated rings. The van der Waals surface area contributed by atoms with Gasteiger partial charge in [0.2, 0.25) is 0 Å². The SMILES string of the molecule is CC(C)(C)[C@@]12CCC(=O)CC[C@@](C(C)(C)C)(CC1)O2. The largest absolute Gasteiger partial charge is 0.367 e. The standard InChI is InChI=1S/C17H30O2/c1-14(2,3)16-9-7-13(18)8-10-17(19-16,12-11-16)15(4,5)6/h7-12H2,1-6H3/t16-,17+. The van der Waals surface area contributed by atoms with Gasteiger partial charge in [0, 0.05) is 12.8 Å². The smallest absolute Gasteiger partial charge is 0.133 e. The number of rotatable bonds is 0. The Balaban J connectivity index is 2.41. The minimum Gasteiger partial charge on any atom is -0.367 e. The lowest BCUT2D eigenvalue weighted by Gasteiger charge is -2.49. The fraction of sp³-hybridized carbons (Fsp3) is 0.941. The van der Waals surface area contributed by atoms with E-state index in [1.165, 1.54) is 0 Å². The molecule has 0 aromatic heterocycles. The van der Waals surface area contributed by atoms with Crippen molar-refractivity contribution in [3.8, 4) is 0 Å². The molecule has 2 heteroatoms. The molecule has 0 aromatic rings. The number of hydrogen-bond acceptors (Lipinski definition) is 2. The minimum absolute atomic E-state index is 0.0949. The van der Waals surface area contributed by atoms with Gasteiger partial charge in [-0.3, -0.25) is 4.79 Å². The molecule has 0 unspecified atom stereocenters. The molecule has 0 aromatic carbocycles. The van der Waals surface area contributed by atoms with E-state index in [0.29, 0.717) is 18.6 Å². The topological polar surface area (TPSA) is 26.3 Å². The lowest BCUT2D eigenvalue weighted by molar-refractivity contribution is -0.201. The van der Waals surface area contributed by atoms with E-state index in [2.05, 4.69) is 41.5 Å². The Morgan fingerprint density at radius 2 is 1.16 bits per heavy atom. The highest BCUT2D eigenvalue weighted by molar-refractivity contribution is 5.78. The fourth-order valence-corrected chi connectivity index (χ4v) is 3.85. The highest BCUT2D eigenvalue weighted by Gasteiger charge is 2.59. The van der Waals surface area contributed by atoms with Crippen LogP contribution in [0, 0.1) is 10.8 Å². The summed E-state index contributed by atoms with van der Waals surface area (Å²) in [5.74, 6) is 0.424. The molecule has 19 heavy (non-hydrogen) atoms. The molecule has 2 saturated heterocycles. The van der Waals surface area contributed by atoms with E-state index in [1.54, 1.807) is 0 Å². The van der Waals surface area contributed by atoms with Gasteiger partial charge in [0.15, 0.2) is 0 Å². The Morgan fingerprint density at radius 3 is 1.47 bits per heavy atom. The third-order valence-electron chi connectivity index (χ3n) is 5.67. The zero-order valence-electron chi connectivity index (χ0n) is 13.6. The van der Waals surface area contributed by atoms with E-state index < -0.39 is 0 Å². The van der Waals surface area contributed by atoms with E-state index in [9.17, 15) is 4.79 Å². The van der Waals surface area contributed by atoms with Crippen LogP contribution in [0.25, 0.3) is 0 Å². The summed E-state index contributed by atoms with van der Waals surface area (Å²) in [6.07, 6.45) is 5.37. The van der Waals surface area contributed by atoms with Crippen LogP contribution >= 0.6 is 0 Å². The van der Waals surface area contributed by atoms with E-state index in [0.717, 1.165) is 25.7 Å². The normalized spacial score (nSPS) is 37.1. The third kappa shape index (κ3) is 2.37. The van der Waals surface area contributed by atoms with Crippen molar-refractivity contribution in [2.24, 2.45) is 10.8 Å². The molecule has 2 aliphatic rings. The van der Waals surface area contributed by atoms with Crippen LogP contribution in [0.1, 0.15) is 80.1 Å². The van der Waals surface area contributed by atoms with E-state index >= 15 is 0 Å². The Labute approximate surface area is 118 Å². The average molecular weight is 266 g/mol. The first-order valence-corrected chi connectivity index (χ1v) is 7.73. The molecule has 2 atom stereocenters. The molecule has 2 aliphatic heterocycles. The summed E-state index contributed by atoms with van der Waals surface area (Å²) < 4.78 is 6.80. The molecule has 110 valence electrons. The predicted molar refractivity (Wildman–Crippen MR) is 78.2 cm³/mol. The lowest BCUT2D eigenvalue weighted by Crippen LogP contribution is -2.51. The van der Waals surface area contributed by atoms with Crippen molar-refractivity contribution < 1.29 is 9.53 Å². The van der Waals surface area contributed by atoms with Gasteiger partial charge < -0.3 is 4.74 Å². The number of carbonyl (C=O) groups excluding carboxylic acids is 1. The molecule has 2 nitrogen and oxygen atoms in total. The van der Waals surface area contributed by atoms with Gasteiger partial charge in [-0.2, -0.15) is 0 Å². The van der Waals surface area contributed by atoms with Gasteiger partial charge in [-0.15, -0.1) is 0 Å². The lowest BCUT2D eigenvalue weighted by atomic mass is 9.71. The molecule has 0 radical (unpaired) electrons. The predicted octanol–water partition coefficient (Wildman–Crippen LogP) is 4.51. The van der Waals surface area contributed by atoms with Gasteiger partial charge in [0.1, 0.15) is 5.78 Å². The zero-order valence-corrected chi connectivity index (χ0v) is 13.6. The summed E-state index contributed by atoms with van der Waals surface area (Å²) in [7, 11) is 0. The summed E-state index contributed by atoms with van der Waals surface area (Å²) in [6, 6.07) is 0. The zero-order chi connectivity index (χ0) is 14.5. The van der Waals surface area contributed by atoms with Gasteiger partial charge in [0.05, 0.1) is 11.2 Å². The van der Waals surface area contributed by atoms with Crippen molar-refractivity contribution >= 4 is 5.78 Å². The number of ketones is 1. The number of Topliss-reactive ketones (excluding diaryl/α,β-unsaturated/α-hetero) is 1. The maximum atomic E-state index is 12.0. The number of fused-ring (bicyclic) bond motifs is 2. The van der Waals surface area contributed by atoms with Crippen LogP contribution < -0.4 is 0 Å². The highest BCUT2D eigenvalue weighted by atomic mass is 16.5. The van der Waals surface area contributed by atoms with E-state index in [1.807, 2.05) is 0 Å². The van der Waals surface area contributed by atoms with Crippen LogP contribution in [-0.4, -0.2) is 17.0 Å². The average Bonchev–Trinajstić information content (AvgIpc) is 2.64. The van der Waals surface area contributed by atoms with E-state index in [-0.39, 0.29) is 22.0 Å². The summed E-state index contributed by atoms with van der Waals surface area (Å²) >= 11 is 0. The summed E-state index contributed by atoms with van der Waals surface area (Å²) in [5.41, 5.74) is -0.0397. The van der Waals surface area contributed by atoms with Gasteiger partial charge >= 0.3 is 0 Å². The number of carbonyl (C=O) groups is 1. The van der Waals surface area contributed by atoms with Crippen LogP contribution in [0.3, 0.4) is 0 Å². The first-order valence-electron chi connectivity index (χ1n) is 7.73. The van der Waals surface area contributed by atoms with Gasteiger partial charge in [0.25, 0.3) is 0 Å². The van der Waals surface area contributed by atoms with Crippen molar-refractivity contribution in [2.75, 3.05) is 0 Å². The monoisotopic (exact) mass is 266 g/mol. The Hall–Kier alpha value is -0.370. The molecule has 2 rings (SSSR count). The second-order valence-electron chi connectivity index (χ2n) is 8.63. The fourth-order valence-electron chi connectivity index (χ4n) is 3.85. The van der Waals surface area contributed by atoms with Crippen LogP contribution in [0.15, 0.2) is 0 Å². The van der Waals surface area contributed by atoms with Gasteiger partial charge in [-0.1, -0.05) is 41.5 Å². The first kappa shape index (κ1) is 15.0. The Kier molecular flexibility index (Phi) is 3.41. The molecule has 0 N–H and O–H groups in total. The molecule has 0 aliphatic carbocycles. The molecule has 0 spiro atoms. The third-order valence-corrected chi connectivity index (χ3v) is 5.67. The van der Waals surface area contributed by atoms with Crippen LogP contribution in [0.4, 0.5) is 0 Å². The maximum absolute atomic E-state index is 12.0. The second kappa shape index (κ2) is 4.31. The molecule has 0 amide bonds. The maximum Gasteiger partial charge on any atom is 0.133 e. The van der Waals surface area contributed by atoms with Gasteiger partial charge in [-0.05, 0) is 36.5 Å². The summed E-state index contributed by atoms with van der Waals surface area (Å²) in [4.78, 5) is 12.0. The van der Waals surface area contributed by atoms with Crippen molar-refractivity contribution in [3.63, 3.8) is 0 Å². The molecule has 0 saturated carbocycles. The van der Waals surface area contributed by atoms with Crippen molar-refractivity contribution in [1.82, 2.24) is 0 Å². The summed E-state index contributed by atoms with van der Waals surface area (Å²) in [6.45, 7) is 13.6. The van der Waals surface area contributed by atoms with Gasteiger partial charge in [-0.25, -0.2) is 0 Å². The van der Waals surface area contributed by atoms with Crippen LogP contribution in [-0.2, 0) is 9.53 Å². The van der Waals surface area contributed by atoms with Crippen molar-refractivity contribution in [3.05, 3.63) is 0 Å². The molecule has 2 bridgehead atoms. The van der Waals surface area contributed by atoms with E-state index in [4.69, 9.17) is 4.74 Å². The van der Waals surface area contributed by atoms with Crippen molar-refractivity contribution in [1.29, 1.82) is 0 Å². The highest BCUT2D eigenvalue weighted by Crippen LogP contribution is 2.58. The Bertz CT molecular complexity index is 338. The molecular formula is C17H30O2. The molecular weight excluding hydrogens is 236 g/mol.